The molecule has 2 nitrogen and oxygen atoms in total. The van der Waals surface area contributed by atoms with Crippen LogP contribution in [0.15, 0.2) is 0 Å². The lowest BCUT2D eigenvalue weighted by Crippen LogP contribution is -2.42. The molecule has 0 aromatic heterocycles. The van der Waals surface area contributed by atoms with E-state index in [4.69, 9.17) is 4.74 Å². The highest BCUT2D eigenvalue weighted by Crippen LogP contribution is 2.40. The SMILES string of the molecule is COCCC(C)C1(O)CCCC(CC(C)C)C1. The first-order chi connectivity index (χ1) is 7.98. The van der Waals surface area contributed by atoms with Gasteiger partial charge in [-0.15, -0.1) is 0 Å². The molecule has 1 N–H and O–H groups in total. The van der Waals surface area contributed by atoms with E-state index >= 15 is 0 Å². The highest BCUT2D eigenvalue weighted by atomic mass is 16.5. The largest absolute Gasteiger partial charge is 0.390 e. The van der Waals surface area contributed by atoms with Gasteiger partial charge in [-0.05, 0) is 43.4 Å². The molecule has 2 heteroatoms. The molecular formula is C15H30O2. The molecule has 0 heterocycles. The molecule has 102 valence electrons. The molecule has 1 aliphatic carbocycles. The van der Waals surface area contributed by atoms with Gasteiger partial charge in [0.2, 0.25) is 0 Å². The second-order valence-electron chi connectivity index (χ2n) is 6.38. The average Bonchev–Trinajstić information content (AvgIpc) is 2.25. The average molecular weight is 242 g/mol. The Morgan fingerprint density at radius 1 is 1.35 bits per heavy atom. The standard InChI is InChI=1S/C15H30O2/c1-12(2)10-14-6-5-8-15(16,11-14)13(3)7-9-17-4/h12-14,16H,5-11H2,1-4H3. The first kappa shape index (κ1) is 15.0. The van der Waals surface area contributed by atoms with Crippen LogP contribution in [0.3, 0.4) is 0 Å². The summed E-state index contributed by atoms with van der Waals surface area (Å²) in [6.45, 7) is 7.50. The van der Waals surface area contributed by atoms with Gasteiger partial charge in [0.05, 0.1) is 5.60 Å². The van der Waals surface area contributed by atoms with Crippen LogP contribution in [0.4, 0.5) is 0 Å². The Hall–Kier alpha value is -0.0800. The first-order valence-electron chi connectivity index (χ1n) is 7.19. The minimum absolute atomic E-state index is 0.359. The Balaban J connectivity index is 2.50. The summed E-state index contributed by atoms with van der Waals surface area (Å²) in [6.07, 6.45) is 6.70. The third-order valence-electron chi connectivity index (χ3n) is 4.34. The molecule has 0 spiro atoms. The molecule has 0 aliphatic heterocycles. The van der Waals surface area contributed by atoms with Crippen LogP contribution >= 0.6 is 0 Å². The van der Waals surface area contributed by atoms with Gasteiger partial charge in [-0.25, -0.2) is 0 Å². The molecule has 0 bridgehead atoms. The smallest absolute Gasteiger partial charge is 0.0676 e. The number of ether oxygens (including phenoxy) is 1. The second kappa shape index (κ2) is 6.75. The Morgan fingerprint density at radius 3 is 2.65 bits per heavy atom. The van der Waals surface area contributed by atoms with Crippen LogP contribution in [0.25, 0.3) is 0 Å². The molecule has 0 aromatic carbocycles. The molecule has 0 aromatic rings. The van der Waals surface area contributed by atoms with Gasteiger partial charge in [-0.2, -0.15) is 0 Å². The van der Waals surface area contributed by atoms with Crippen molar-refractivity contribution in [3.05, 3.63) is 0 Å². The van der Waals surface area contributed by atoms with Crippen LogP contribution in [0.5, 0.6) is 0 Å². The number of hydrogen-bond acceptors (Lipinski definition) is 2. The fourth-order valence-electron chi connectivity index (χ4n) is 3.28. The monoisotopic (exact) mass is 242 g/mol. The maximum absolute atomic E-state index is 10.8. The summed E-state index contributed by atoms with van der Waals surface area (Å²) in [5.74, 6) is 1.83. The van der Waals surface area contributed by atoms with Crippen molar-refractivity contribution >= 4 is 0 Å². The Morgan fingerprint density at radius 2 is 2.06 bits per heavy atom. The van der Waals surface area contributed by atoms with Gasteiger partial charge in [0.1, 0.15) is 0 Å². The molecule has 1 aliphatic rings. The zero-order valence-electron chi connectivity index (χ0n) is 12.0. The predicted octanol–water partition coefficient (Wildman–Crippen LogP) is 3.63. The van der Waals surface area contributed by atoms with E-state index in [1.54, 1.807) is 7.11 Å². The predicted molar refractivity (Wildman–Crippen MR) is 72.0 cm³/mol. The lowest BCUT2D eigenvalue weighted by Gasteiger charge is -2.41. The van der Waals surface area contributed by atoms with Crippen LogP contribution in [0.2, 0.25) is 0 Å². The van der Waals surface area contributed by atoms with E-state index in [9.17, 15) is 5.11 Å². The van der Waals surface area contributed by atoms with Gasteiger partial charge < -0.3 is 9.84 Å². The Kier molecular flexibility index (Phi) is 5.94. The van der Waals surface area contributed by atoms with Crippen molar-refractivity contribution in [1.82, 2.24) is 0 Å². The van der Waals surface area contributed by atoms with Crippen molar-refractivity contribution in [3.63, 3.8) is 0 Å². The van der Waals surface area contributed by atoms with Crippen molar-refractivity contribution in [1.29, 1.82) is 0 Å². The van der Waals surface area contributed by atoms with Crippen LogP contribution in [-0.4, -0.2) is 24.4 Å². The van der Waals surface area contributed by atoms with Crippen molar-refractivity contribution in [2.24, 2.45) is 17.8 Å². The third-order valence-corrected chi connectivity index (χ3v) is 4.34. The lowest BCUT2D eigenvalue weighted by molar-refractivity contribution is -0.0689. The summed E-state index contributed by atoms with van der Waals surface area (Å²) in [5.41, 5.74) is -0.434. The van der Waals surface area contributed by atoms with Gasteiger partial charge in [0.15, 0.2) is 0 Å². The number of hydrogen-bond donors (Lipinski definition) is 1. The summed E-state index contributed by atoms with van der Waals surface area (Å²) in [4.78, 5) is 0. The van der Waals surface area contributed by atoms with Crippen molar-refractivity contribution < 1.29 is 9.84 Å². The van der Waals surface area contributed by atoms with Gasteiger partial charge in [0, 0.05) is 13.7 Å². The minimum atomic E-state index is -0.434. The van der Waals surface area contributed by atoms with E-state index in [0.717, 1.165) is 37.7 Å². The zero-order valence-corrected chi connectivity index (χ0v) is 12.0. The van der Waals surface area contributed by atoms with E-state index in [2.05, 4.69) is 20.8 Å². The highest BCUT2D eigenvalue weighted by molar-refractivity contribution is 4.90. The van der Waals surface area contributed by atoms with Crippen molar-refractivity contribution in [2.75, 3.05) is 13.7 Å². The molecule has 0 saturated heterocycles. The highest BCUT2D eigenvalue weighted by Gasteiger charge is 2.38. The van der Waals surface area contributed by atoms with Crippen LogP contribution < -0.4 is 0 Å². The summed E-state index contributed by atoms with van der Waals surface area (Å²) < 4.78 is 5.13. The van der Waals surface area contributed by atoms with E-state index in [-0.39, 0.29) is 0 Å². The van der Waals surface area contributed by atoms with Gasteiger partial charge >= 0.3 is 0 Å². The fourth-order valence-corrected chi connectivity index (χ4v) is 3.28. The van der Waals surface area contributed by atoms with Crippen molar-refractivity contribution in [2.45, 2.75) is 64.9 Å². The summed E-state index contributed by atoms with van der Waals surface area (Å²) >= 11 is 0. The maximum Gasteiger partial charge on any atom is 0.0676 e. The van der Waals surface area contributed by atoms with Gasteiger partial charge in [0.25, 0.3) is 0 Å². The molecule has 1 rings (SSSR count). The van der Waals surface area contributed by atoms with Crippen LogP contribution in [-0.2, 0) is 4.74 Å². The van der Waals surface area contributed by atoms with E-state index < -0.39 is 5.60 Å². The van der Waals surface area contributed by atoms with Gasteiger partial charge in [-0.1, -0.05) is 33.6 Å². The molecule has 1 saturated carbocycles. The topological polar surface area (TPSA) is 29.5 Å². The van der Waals surface area contributed by atoms with E-state index in [1.807, 2.05) is 0 Å². The fraction of sp³-hybridized carbons (Fsp3) is 1.00. The minimum Gasteiger partial charge on any atom is -0.390 e. The first-order valence-corrected chi connectivity index (χ1v) is 7.19. The molecule has 0 amide bonds. The number of rotatable bonds is 6. The summed E-state index contributed by atoms with van der Waals surface area (Å²) in [5, 5.41) is 10.8. The number of methoxy groups -OCH3 is 1. The Labute approximate surface area is 107 Å². The van der Waals surface area contributed by atoms with Crippen molar-refractivity contribution in [3.8, 4) is 0 Å². The molecule has 0 radical (unpaired) electrons. The molecule has 1 fully saturated rings. The second-order valence-corrected chi connectivity index (χ2v) is 6.38. The lowest BCUT2D eigenvalue weighted by atomic mass is 9.69. The quantitative estimate of drug-likeness (QED) is 0.770. The Bertz CT molecular complexity index is 215. The number of aliphatic hydroxyl groups is 1. The normalized spacial score (nSPS) is 31.8. The summed E-state index contributed by atoms with van der Waals surface area (Å²) in [6, 6.07) is 0. The zero-order chi connectivity index (χ0) is 12.9. The molecule has 3 atom stereocenters. The summed E-state index contributed by atoms with van der Waals surface area (Å²) in [7, 11) is 1.74. The molecular weight excluding hydrogens is 212 g/mol. The maximum atomic E-state index is 10.8. The van der Waals surface area contributed by atoms with Gasteiger partial charge in [-0.3, -0.25) is 0 Å². The van der Waals surface area contributed by atoms with E-state index in [0.29, 0.717) is 5.92 Å². The third kappa shape index (κ3) is 4.59. The molecule has 3 unspecified atom stereocenters. The van der Waals surface area contributed by atoms with Crippen LogP contribution in [0, 0.1) is 17.8 Å². The van der Waals surface area contributed by atoms with E-state index in [1.165, 1.54) is 19.3 Å². The van der Waals surface area contributed by atoms with Crippen LogP contribution in [0.1, 0.15) is 59.3 Å². The molecule has 17 heavy (non-hydrogen) atoms.